The van der Waals surface area contributed by atoms with E-state index >= 15 is 0 Å². The summed E-state index contributed by atoms with van der Waals surface area (Å²) in [6.07, 6.45) is 2.07. The Hall–Kier alpha value is -0.290. The van der Waals surface area contributed by atoms with Crippen LogP contribution in [0.3, 0.4) is 0 Å². The molecule has 1 fully saturated rings. The zero-order valence-corrected chi connectivity index (χ0v) is 11.9. The third-order valence-corrected chi connectivity index (χ3v) is 4.07. The lowest BCUT2D eigenvalue weighted by Crippen LogP contribution is -3.12. The number of nitrogens with two attached hydrogens (primary N) is 1. The Kier molecular flexibility index (Phi) is 4.31. The van der Waals surface area contributed by atoms with Crippen LogP contribution >= 0.6 is 27.5 Å². The van der Waals surface area contributed by atoms with Gasteiger partial charge in [0.2, 0.25) is 0 Å². The molecule has 0 atom stereocenters. The van der Waals surface area contributed by atoms with Crippen LogP contribution in [0.5, 0.6) is 5.75 Å². The first kappa shape index (κ1) is 13.1. The fraction of sp³-hybridized carbons (Fsp3) is 0.500. The number of rotatable bonds is 2. The van der Waals surface area contributed by atoms with Crippen LogP contribution < -0.4 is 15.7 Å². The second-order valence-corrected chi connectivity index (χ2v) is 5.93. The van der Waals surface area contributed by atoms with Gasteiger partial charge < -0.3 is 15.7 Å². The maximum Gasteiger partial charge on any atom is 0.102 e. The smallest absolute Gasteiger partial charge is 0.102 e. The van der Waals surface area contributed by atoms with Crippen molar-refractivity contribution in [1.82, 2.24) is 0 Å². The highest BCUT2D eigenvalue weighted by Gasteiger charge is 2.19. The molecule has 3 N–H and O–H groups in total. The summed E-state index contributed by atoms with van der Waals surface area (Å²) < 4.78 is 0.549. The molecule has 0 unspecified atom stereocenters. The van der Waals surface area contributed by atoms with Crippen LogP contribution in [0.1, 0.15) is 18.4 Å². The molecular weight excluding hydrogens is 304 g/mol. The Bertz CT molecular complexity index is 406. The minimum absolute atomic E-state index is 0.0526. The molecule has 94 valence electrons. The predicted molar refractivity (Wildman–Crippen MR) is 70.2 cm³/mol. The molecular formula is C12H16BrClN2O. The van der Waals surface area contributed by atoms with Gasteiger partial charge in [0.15, 0.2) is 0 Å². The van der Waals surface area contributed by atoms with Crippen LogP contribution in [-0.4, -0.2) is 19.1 Å². The highest BCUT2D eigenvalue weighted by Crippen LogP contribution is 2.28. The summed E-state index contributed by atoms with van der Waals surface area (Å²) in [5.41, 5.74) is 6.65. The summed E-state index contributed by atoms with van der Waals surface area (Å²) >= 11 is 9.21. The van der Waals surface area contributed by atoms with Gasteiger partial charge >= 0.3 is 0 Å². The Balaban J connectivity index is 2.08. The zero-order chi connectivity index (χ0) is 12.4. The Morgan fingerprint density at radius 1 is 1.41 bits per heavy atom. The van der Waals surface area contributed by atoms with Gasteiger partial charge in [-0.1, -0.05) is 33.3 Å². The maximum atomic E-state index is 11.9. The number of benzene rings is 1. The molecule has 0 amide bonds. The van der Waals surface area contributed by atoms with Crippen molar-refractivity contribution in [2.75, 3.05) is 13.1 Å². The molecule has 1 aliphatic heterocycles. The topological polar surface area (TPSA) is 53.5 Å². The van der Waals surface area contributed by atoms with Gasteiger partial charge in [-0.3, -0.25) is 0 Å². The SMILES string of the molecule is NC1CC[NH+](Cc2cc(Cl)cc(Br)c2[O-])CC1. The van der Waals surface area contributed by atoms with Crippen LogP contribution in [0.15, 0.2) is 16.6 Å². The van der Waals surface area contributed by atoms with Crippen molar-refractivity contribution in [1.29, 1.82) is 0 Å². The van der Waals surface area contributed by atoms with Gasteiger partial charge in [0.05, 0.1) is 13.1 Å². The largest absolute Gasteiger partial charge is 0.871 e. The van der Waals surface area contributed by atoms with Gasteiger partial charge in [0.25, 0.3) is 0 Å². The zero-order valence-electron chi connectivity index (χ0n) is 9.51. The van der Waals surface area contributed by atoms with E-state index in [1.54, 1.807) is 12.1 Å². The summed E-state index contributed by atoms with van der Waals surface area (Å²) in [7, 11) is 0. The molecule has 1 heterocycles. The number of quaternary nitrogens is 1. The molecule has 0 saturated carbocycles. The fourth-order valence-corrected chi connectivity index (χ4v) is 3.11. The first-order valence-electron chi connectivity index (χ1n) is 5.80. The standard InChI is InChI=1S/C12H16BrClN2O/c13-11-6-9(14)5-8(12(11)17)7-16-3-1-10(15)2-4-16/h5-6,10,17H,1-4,7,15H2. The molecule has 5 heteroatoms. The molecule has 1 aliphatic rings. The molecule has 1 aromatic rings. The average molecular weight is 320 g/mol. The van der Waals surface area contributed by atoms with Crippen LogP contribution in [-0.2, 0) is 6.54 Å². The summed E-state index contributed by atoms with van der Waals surface area (Å²) in [6.45, 7) is 2.81. The molecule has 1 aromatic carbocycles. The van der Waals surface area contributed by atoms with Gasteiger partial charge in [0, 0.05) is 33.9 Å². The predicted octanol–water partition coefficient (Wildman–Crippen LogP) is 0.682. The van der Waals surface area contributed by atoms with Crippen LogP contribution in [0.25, 0.3) is 0 Å². The van der Waals surface area contributed by atoms with Crippen molar-refractivity contribution in [3.63, 3.8) is 0 Å². The van der Waals surface area contributed by atoms with E-state index in [4.69, 9.17) is 17.3 Å². The molecule has 3 nitrogen and oxygen atoms in total. The van der Waals surface area contributed by atoms with E-state index in [0.717, 1.165) is 38.0 Å². The van der Waals surface area contributed by atoms with E-state index in [9.17, 15) is 5.11 Å². The Labute approximate surface area is 115 Å². The van der Waals surface area contributed by atoms with Crippen molar-refractivity contribution in [3.8, 4) is 5.75 Å². The molecule has 0 radical (unpaired) electrons. The summed E-state index contributed by atoms with van der Waals surface area (Å²) in [5, 5.41) is 12.5. The minimum atomic E-state index is 0.0526. The lowest BCUT2D eigenvalue weighted by atomic mass is 10.1. The maximum absolute atomic E-state index is 11.9. The molecule has 0 aromatic heterocycles. The number of piperidine rings is 1. The van der Waals surface area contributed by atoms with Crippen LogP contribution in [0.2, 0.25) is 5.02 Å². The Morgan fingerprint density at radius 3 is 2.71 bits per heavy atom. The first-order valence-corrected chi connectivity index (χ1v) is 6.97. The Morgan fingerprint density at radius 2 is 2.06 bits per heavy atom. The summed E-state index contributed by atoms with van der Waals surface area (Å²) in [5.74, 6) is 0.0526. The van der Waals surface area contributed by atoms with Crippen molar-refractivity contribution >= 4 is 27.5 Å². The van der Waals surface area contributed by atoms with Gasteiger partial charge in [0.1, 0.15) is 6.54 Å². The molecule has 1 saturated heterocycles. The number of likely N-dealkylation sites (tertiary alicyclic amines) is 1. The van der Waals surface area contributed by atoms with Crippen molar-refractivity contribution < 1.29 is 10.0 Å². The van der Waals surface area contributed by atoms with Crippen LogP contribution in [0.4, 0.5) is 0 Å². The van der Waals surface area contributed by atoms with Crippen LogP contribution in [0, 0.1) is 0 Å². The lowest BCUT2D eigenvalue weighted by Gasteiger charge is -2.28. The number of hydrogen-bond donors (Lipinski definition) is 2. The van der Waals surface area contributed by atoms with Gasteiger partial charge in [-0.2, -0.15) is 0 Å². The number of nitrogens with one attached hydrogen (secondary N) is 1. The van der Waals surface area contributed by atoms with E-state index in [1.165, 1.54) is 4.90 Å². The van der Waals surface area contributed by atoms with E-state index in [1.807, 2.05) is 0 Å². The quantitative estimate of drug-likeness (QED) is 0.842. The van der Waals surface area contributed by atoms with Crippen molar-refractivity contribution in [3.05, 3.63) is 27.2 Å². The highest BCUT2D eigenvalue weighted by molar-refractivity contribution is 9.10. The lowest BCUT2D eigenvalue weighted by molar-refractivity contribution is -0.918. The monoisotopic (exact) mass is 318 g/mol. The molecule has 2 rings (SSSR count). The van der Waals surface area contributed by atoms with Gasteiger partial charge in [-0.15, -0.1) is 0 Å². The van der Waals surface area contributed by atoms with Crippen molar-refractivity contribution in [2.45, 2.75) is 25.4 Å². The third kappa shape index (κ3) is 3.35. The molecule has 17 heavy (non-hydrogen) atoms. The van der Waals surface area contributed by atoms with E-state index in [2.05, 4.69) is 15.9 Å². The number of halogens is 2. The molecule has 0 aliphatic carbocycles. The number of hydrogen-bond acceptors (Lipinski definition) is 2. The van der Waals surface area contributed by atoms with E-state index in [-0.39, 0.29) is 5.75 Å². The third-order valence-electron chi connectivity index (χ3n) is 3.26. The molecule has 0 bridgehead atoms. The average Bonchev–Trinajstić information content (AvgIpc) is 2.28. The second-order valence-electron chi connectivity index (χ2n) is 4.64. The van der Waals surface area contributed by atoms with Gasteiger partial charge in [-0.25, -0.2) is 0 Å². The molecule has 0 spiro atoms. The second kappa shape index (κ2) is 5.57. The van der Waals surface area contributed by atoms with Crippen molar-refractivity contribution in [2.24, 2.45) is 5.73 Å². The minimum Gasteiger partial charge on any atom is -0.871 e. The highest BCUT2D eigenvalue weighted by atomic mass is 79.9. The van der Waals surface area contributed by atoms with E-state index in [0.29, 0.717) is 15.5 Å². The summed E-state index contributed by atoms with van der Waals surface area (Å²) in [6, 6.07) is 3.75. The summed E-state index contributed by atoms with van der Waals surface area (Å²) in [4.78, 5) is 1.41. The normalized spacial score (nSPS) is 24.9. The first-order chi connectivity index (χ1) is 8.06. The fourth-order valence-electron chi connectivity index (χ4n) is 2.24. The van der Waals surface area contributed by atoms with E-state index < -0.39 is 0 Å². The van der Waals surface area contributed by atoms with Gasteiger partial charge in [-0.05, 0) is 12.1 Å².